The zero-order valence-corrected chi connectivity index (χ0v) is 10.3. The predicted molar refractivity (Wildman–Crippen MR) is 65.6 cm³/mol. The van der Waals surface area contributed by atoms with Gasteiger partial charge in [-0.3, -0.25) is 4.79 Å². The average molecular weight is 272 g/mol. The monoisotopic (exact) mass is 271 g/mol. The van der Waals surface area contributed by atoms with E-state index in [0.717, 1.165) is 10.0 Å². The van der Waals surface area contributed by atoms with Gasteiger partial charge in [0.1, 0.15) is 0 Å². The number of aryl methyl sites for hydroxylation is 1. The maximum atomic E-state index is 11.4. The molecule has 0 aromatic heterocycles. The van der Waals surface area contributed by atoms with E-state index in [0.29, 0.717) is 11.4 Å². The Morgan fingerprint density at radius 2 is 2.13 bits per heavy atom. The van der Waals surface area contributed by atoms with Gasteiger partial charge in [0.2, 0.25) is 5.91 Å². The number of anilines is 2. The molecule has 1 aromatic carbocycles. The van der Waals surface area contributed by atoms with Crippen molar-refractivity contribution in [2.75, 3.05) is 11.1 Å². The number of benzene rings is 1. The number of hydrogen-bond donors (Lipinski definition) is 3. The first-order valence-electron chi connectivity index (χ1n) is 4.54. The Kier molecular flexibility index (Phi) is 3.71. The van der Waals surface area contributed by atoms with Crippen molar-refractivity contribution in [2.24, 2.45) is 5.73 Å². The summed E-state index contributed by atoms with van der Waals surface area (Å²) in [6.07, 6.45) is 0. The summed E-state index contributed by atoms with van der Waals surface area (Å²) in [5.41, 5.74) is 13.3. The van der Waals surface area contributed by atoms with Crippen LogP contribution in [0.25, 0.3) is 0 Å². The number of nitrogen functional groups attached to an aromatic ring is 1. The van der Waals surface area contributed by atoms with Gasteiger partial charge in [-0.15, -0.1) is 0 Å². The summed E-state index contributed by atoms with van der Waals surface area (Å²) in [5, 5.41) is 2.67. The summed E-state index contributed by atoms with van der Waals surface area (Å²) in [6, 6.07) is 3.09. The second kappa shape index (κ2) is 4.63. The zero-order chi connectivity index (χ0) is 11.6. The maximum absolute atomic E-state index is 11.4. The molecule has 4 nitrogen and oxygen atoms in total. The fourth-order valence-corrected chi connectivity index (χ4v) is 1.68. The molecular formula is C10H14BrN3O. The van der Waals surface area contributed by atoms with Crippen LogP contribution in [0.15, 0.2) is 16.6 Å². The summed E-state index contributed by atoms with van der Waals surface area (Å²) in [5.74, 6) is -0.251. The minimum atomic E-state index is -0.552. The Hall–Kier alpha value is -1.07. The van der Waals surface area contributed by atoms with E-state index in [1.807, 2.05) is 13.0 Å². The van der Waals surface area contributed by atoms with Crippen molar-refractivity contribution < 1.29 is 4.79 Å². The van der Waals surface area contributed by atoms with Crippen LogP contribution in [-0.4, -0.2) is 11.9 Å². The number of rotatable bonds is 2. The molecule has 1 amide bonds. The molecule has 0 heterocycles. The first kappa shape index (κ1) is 12.0. The maximum Gasteiger partial charge on any atom is 0.241 e. The molecule has 0 radical (unpaired) electrons. The third-order valence-electron chi connectivity index (χ3n) is 2.02. The van der Waals surface area contributed by atoms with E-state index in [9.17, 15) is 4.79 Å². The normalized spacial score (nSPS) is 12.3. The Balaban J connectivity index is 2.99. The lowest BCUT2D eigenvalue weighted by molar-refractivity contribution is -0.117. The molecule has 1 atom stereocenters. The molecule has 1 rings (SSSR count). The van der Waals surface area contributed by atoms with Crippen LogP contribution in [0.4, 0.5) is 11.4 Å². The molecule has 0 saturated carbocycles. The minimum Gasteiger partial charge on any atom is -0.397 e. The van der Waals surface area contributed by atoms with Gasteiger partial charge in [-0.2, -0.15) is 0 Å². The highest BCUT2D eigenvalue weighted by Gasteiger charge is 2.11. The van der Waals surface area contributed by atoms with Gasteiger partial charge in [-0.25, -0.2) is 0 Å². The van der Waals surface area contributed by atoms with Crippen molar-refractivity contribution in [3.8, 4) is 0 Å². The van der Waals surface area contributed by atoms with Crippen LogP contribution in [0, 0.1) is 6.92 Å². The van der Waals surface area contributed by atoms with Crippen molar-refractivity contribution in [1.29, 1.82) is 0 Å². The third kappa shape index (κ3) is 2.94. The van der Waals surface area contributed by atoms with E-state index in [4.69, 9.17) is 11.5 Å². The van der Waals surface area contributed by atoms with E-state index in [1.54, 1.807) is 13.0 Å². The van der Waals surface area contributed by atoms with Gasteiger partial charge in [-0.1, -0.05) is 15.9 Å². The summed E-state index contributed by atoms with van der Waals surface area (Å²) in [4.78, 5) is 11.4. The Labute approximate surface area is 97.1 Å². The summed E-state index contributed by atoms with van der Waals surface area (Å²) in [6.45, 7) is 3.50. The molecule has 0 saturated heterocycles. The van der Waals surface area contributed by atoms with Crippen LogP contribution in [0.2, 0.25) is 0 Å². The van der Waals surface area contributed by atoms with Gasteiger partial charge in [0, 0.05) is 4.47 Å². The molecule has 0 unspecified atom stereocenters. The molecule has 5 N–H and O–H groups in total. The van der Waals surface area contributed by atoms with Gasteiger partial charge in [0.25, 0.3) is 0 Å². The van der Waals surface area contributed by atoms with Crippen LogP contribution in [0.5, 0.6) is 0 Å². The van der Waals surface area contributed by atoms with Crippen LogP contribution in [-0.2, 0) is 4.79 Å². The van der Waals surface area contributed by atoms with E-state index < -0.39 is 6.04 Å². The molecule has 82 valence electrons. The first-order valence-corrected chi connectivity index (χ1v) is 5.33. The second-order valence-electron chi connectivity index (χ2n) is 3.46. The van der Waals surface area contributed by atoms with E-state index in [1.165, 1.54) is 0 Å². The second-order valence-corrected chi connectivity index (χ2v) is 4.38. The van der Waals surface area contributed by atoms with Crippen LogP contribution in [0.1, 0.15) is 12.5 Å². The van der Waals surface area contributed by atoms with E-state index in [-0.39, 0.29) is 5.91 Å². The van der Waals surface area contributed by atoms with Gasteiger partial charge in [-0.05, 0) is 31.5 Å². The van der Waals surface area contributed by atoms with Gasteiger partial charge in [0.05, 0.1) is 17.4 Å². The highest BCUT2D eigenvalue weighted by molar-refractivity contribution is 9.10. The molecule has 0 aliphatic rings. The Bertz CT molecular complexity index is 390. The number of carbonyl (C=O) groups excluding carboxylic acids is 1. The minimum absolute atomic E-state index is 0.251. The molecule has 0 aliphatic carbocycles. The summed E-state index contributed by atoms with van der Waals surface area (Å²) in [7, 11) is 0. The van der Waals surface area contributed by atoms with Crippen molar-refractivity contribution in [1.82, 2.24) is 0 Å². The summed E-state index contributed by atoms with van der Waals surface area (Å²) >= 11 is 3.34. The van der Waals surface area contributed by atoms with Crippen LogP contribution >= 0.6 is 15.9 Å². The molecule has 5 heteroatoms. The lowest BCUT2D eigenvalue weighted by atomic mass is 10.1. The highest BCUT2D eigenvalue weighted by atomic mass is 79.9. The van der Waals surface area contributed by atoms with Crippen molar-refractivity contribution >= 4 is 33.2 Å². The molecular weight excluding hydrogens is 258 g/mol. The first-order chi connectivity index (χ1) is 6.91. The number of halogens is 1. The lowest BCUT2D eigenvalue weighted by Gasteiger charge is -2.12. The highest BCUT2D eigenvalue weighted by Crippen LogP contribution is 2.27. The number of nitrogens with one attached hydrogen (secondary N) is 1. The van der Waals surface area contributed by atoms with Gasteiger partial charge in [0.15, 0.2) is 0 Å². The van der Waals surface area contributed by atoms with Crippen LogP contribution in [0.3, 0.4) is 0 Å². The quantitative estimate of drug-likeness (QED) is 0.716. The zero-order valence-electron chi connectivity index (χ0n) is 8.67. The largest absolute Gasteiger partial charge is 0.397 e. The van der Waals surface area contributed by atoms with Crippen molar-refractivity contribution in [3.63, 3.8) is 0 Å². The van der Waals surface area contributed by atoms with Crippen LogP contribution < -0.4 is 16.8 Å². The lowest BCUT2D eigenvalue weighted by Crippen LogP contribution is -2.32. The number of amides is 1. The Morgan fingerprint density at radius 1 is 1.53 bits per heavy atom. The number of carbonyl (C=O) groups is 1. The number of nitrogens with two attached hydrogens (primary N) is 2. The molecule has 15 heavy (non-hydrogen) atoms. The number of hydrogen-bond acceptors (Lipinski definition) is 3. The summed E-state index contributed by atoms with van der Waals surface area (Å²) < 4.78 is 0.870. The van der Waals surface area contributed by atoms with Gasteiger partial charge >= 0.3 is 0 Å². The molecule has 0 fully saturated rings. The standard InChI is InChI=1S/C10H14BrN3O/c1-5-3-7(11)4-8(9(5)13)14-10(15)6(2)12/h3-4,6H,12-13H2,1-2H3,(H,14,15)/t6-/m0/s1. The third-order valence-corrected chi connectivity index (χ3v) is 2.48. The van der Waals surface area contributed by atoms with Crippen molar-refractivity contribution in [2.45, 2.75) is 19.9 Å². The molecule has 1 aromatic rings. The Morgan fingerprint density at radius 3 is 2.67 bits per heavy atom. The predicted octanol–water partition coefficient (Wildman–Crippen LogP) is 1.63. The molecule has 0 spiro atoms. The molecule has 0 aliphatic heterocycles. The smallest absolute Gasteiger partial charge is 0.241 e. The van der Waals surface area contributed by atoms with Crippen molar-refractivity contribution in [3.05, 3.63) is 22.2 Å². The van der Waals surface area contributed by atoms with Gasteiger partial charge < -0.3 is 16.8 Å². The SMILES string of the molecule is Cc1cc(Br)cc(NC(=O)[C@H](C)N)c1N. The molecule has 0 bridgehead atoms. The van der Waals surface area contributed by atoms with E-state index >= 15 is 0 Å². The van der Waals surface area contributed by atoms with E-state index in [2.05, 4.69) is 21.2 Å². The fourth-order valence-electron chi connectivity index (χ4n) is 1.10. The topological polar surface area (TPSA) is 81.1 Å². The average Bonchev–Trinajstić information content (AvgIpc) is 2.13. The fraction of sp³-hybridized carbons (Fsp3) is 0.300.